The van der Waals surface area contributed by atoms with Crippen molar-refractivity contribution in [3.63, 3.8) is 0 Å². The molecule has 0 aliphatic carbocycles. The van der Waals surface area contributed by atoms with Crippen LogP contribution >= 0.6 is 39.1 Å². The molecule has 11 heteroatoms. The number of nitrogens with one attached hydrogen (secondary N) is 1. The van der Waals surface area contributed by atoms with E-state index in [1.54, 1.807) is 56.6 Å². The van der Waals surface area contributed by atoms with Gasteiger partial charge in [0, 0.05) is 47.8 Å². The predicted molar refractivity (Wildman–Crippen MR) is 147 cm³/mol. The Hall–Kier alpha value is -3.27. The molecule has 3 aromatic rings. The molecular formula is C26H24BrCl2N3O5. The van der Waals surface area contributed by atoms with Gasteiger partial charge >= 0.3 is 11.8 Å². The molecule has 0 aromatic heterocycles. The van der Waals surface area contributed by atoms with E-state index in [1.807, 2.05) is 0 Å². The van der Waals surface area contributed by atoms with Gasteiger partial charge in [-0.05, 0) is 42.5 Å². The molecule has 0 radical (unpaired) electrons. The number of nitrogens with zero attached hydrogens (tertiary/aromatic N) is 2. The fourth-order valence-electron chi connectivity index (χ4n) is 3.39. The first-order valence-corrected chi connectivity index (χ1v) is 12.4. The van der Waals surface area contributed by atoms with Gasteiger partial charge in [-0.15, -0.1) is 0 Å². The molecule has 0 aliphatic heterocycles. The highest BCUT2D eigenvalue weighted by atomic mass is 79.9. The van der Waals surface area contributed by atoms with Crippen molar-refractivity contribution in [3.05, 3.63) is 80.2 Å². The number of halogens is 3. The van der Waals surface area contributed by atoms with Crippen molar-refractivity contribution in [3.8, 4) is 17.2 Å². The molecule has 37 heavy (non-hydrogen) atoms. The maximum Gasteiger partial charge on any atom is 0.314 e. The number of benzene rings is 3. The van der Waals surface area contributed by atoms with Crippen molar-refractivity contribution < 1.29 is 23.9 Å². The van der Waals surface area contributed by atoms with Crippen molar-refractivity contribution in [2.45, 2.75) is 6.54 Å². The molecule has 0 heterocycles. The summed E-state index contributed by atoms with van der Waals surface area (Å²) in [6.07, 6.45) is 0. The standard InChI is InChI=1S/C26H24BrCl2N3O5/c1-31(2)25(34)20-12-18(29)13-21(23(20)36-4)30-24(33)26(35)32(3)14-15-8-9-16(27)10-22(15)37-19-7-5-6-17(28)11-19/h5-13H,14H2,1-4H3,(H,30,33). The summed E-state index contributed by atoms with van der Waals surface area (Å²) in [7, 11) is 6.00. The second kappa shape index (κ2) is 12.3. The zero-order chi connectivity index (χ0) is 27.3. The lowest BCUT2D eigenvalue weighted by molar-refractivity contribution is -0.142. The molecule has 0 saturated heterocycles. The maximum atomic E-state index is 12.9. The number of ether oxygens (including phenoxy) is 2. The van der Waals surface area contributed by atoms with Crippen LogP contribution in [0.25, 0.3) is 0 Å². The molecule has 194 valence electrons. The van der Waals surface area contributed by atoms with E-state index in [-0.39, 0.29) is 34.5 Å². The van der Waals surface area contributed by atoms with Crippen molar-refractivity contribution >= 4 is 62.5 Å². The second-order valence-electron chi connectivity index (χ2n) is 8.16. The fourth-order valence-corrected chi connectivity index (χ4v) is 4.13. The van der Waals surface area contributed by atoms with Crippen molar-refractivity contribution in [1.29, 1.82) is 0 Å². The van der Waals surface area contributed by atoms with Crippen molar-refractivity contribution in [2.75, 3.05) is 33.6 Å². The lowest BCUT2D eigenvalue weighted by Gasteiger charge is -2.20. The molecule has 1 N–H and O–H groups in total. The van der Waals surface area contributed by atoms with Gasteiger partial charge in [0.25, 0.3) is 5.91 Å². The minimum atomic E-state index is -0.930. The summed E-state index contributed by atoms with van der Waals surface area (Å²) in [5, 5.41) is 3.22. The number of carbonyl (C=O) groups excluding carboxylic acids is 3. The number of carbonyl (C=O) groups is 3. The first kappa shape index (κ1) is 28.3. The van der Waals surface area contributed by atoms with Crippen LogP contribution in [0.3, 0.4) is 0 Å². The minimum absolute atomic E-state index is 0.0759. The zero-order valence-electron chi connectivity index (χ0n) is 20.5. The molecule has 3 amide bonds. The van der Waals surface area contributed by atoms with Crippen LogP contribution in [-0.4, -0.2) is 55.8 Å². The zero-order valence-corrected chi connectivity index (χ0v) is 23.6. The summed E-state index contributed by atoms with van der Waals surface area (Å²) in [5.74, 6) is -1.02. The van der Waals surface area contributed by atoms with E-state index in [2.05, 4.69) is 21.2 Å². The molecule has 3 aromatic carbocycles. The molecule has 0 saturated carbocycles. The summed E-state index contributed by atoms with van der Waals surface area (Å²) in [5.41, 5.74) is 0.903. The molecule has 0 spiro atoms. The third-order valence-electron chi connectivity index (χ3n) is 5.14. The smallest absolute Gasteiger partial charge is 0.314 e. The van der Waals surface area contributed by atoms with Gasteiger partial charge in [0.2, 0.25) is 0 Å². The first-order valence-electron chi connectivity index (χ1n) is 10.9. The van der Waals surface area contributed by atoms with Crippen molar-refractivity contribution in [2.24, 2.45) is 0 Å². The average molecular weight is 609 g/mol. The Morgan fingerprint density at radius 1 is 0.973 bits per heavy atom. The van der Waals surface area contributed by atoms with E-state index in [1.165, 1.54) is 36.1 Å². The van der Waals surface area contributed by atoms with Gasteiger partial charge < -0.3 is 24.6 Å². The summed E-state index contributed by atoms with van der Waals surface area (Å²) in [6.45, 7) is 0.0759. The summed E-state index contributed by atoms with van der Waals surface area (Å²) in [4.78, 5) is 40.9. The second-order valence-corrected chi connectivity index (χ2v) is 9.95. The first-order chi connectivity index (χ1) is 17.5. The SMILES string of the molecule is COc1c(NC(=O)C(=O)N(C)Cc2ccc(Br)cc2Oc2cccc(Cl)c2)cc(Cl)cc1C(=O)N(C)C. The van der Waals surface area contributed by atoms with Crippen LogP contribution in [0, 0.1) is 0 Å². The number of likely N-dealkylation sites (N-methyl/N-ethyl adjacent to an activating group) is 1. The Morgan fingerprint density at radius 2 is 1.70 bits per heavy atom. The third kappa shape index (κ3) is 7.15. The van der Waals surface area contributed by atoms with Crippen LogP contribution in [0.15, 0.2) is 59.1 Å². The maximum absolute atomic E-state index is 12.9. The largest absolute Gasteiger partial charge is 0.494 e. The summed E-state index contributed by atoms with van der Waals surface area (Å²) >= 11 is 15.6. The molecular weight excluding hydrogens is 585 g/mol. The van der Waals surface area contributed by atoms with E-state index in [4.69, 9.17) is 32.7 Å². The topological polar surface area (TPSA) is 88.2 Å². The third-order valence-corrected chi connectivity index (χ3v) is 6.09. The highest BCUT2D eigenvalue weighted by Crippen LogP contribution is 2.34. The van der Waals surface area contributed by atoms with Crippen LogP contribution in [0.5, 0.6) is 17.2 Å². The number of methoxy groups -OCH3 is 1. The quantitative estimate of drug-likeness (QED) is 0.340. The van der Waals surface area contributed by atoms with Gasteiger partial charge in [-0.2, -0.15) is 0 Å². The molecule has 0 atom stereocenters. The van der Waals surface area contributed by atoms with Gasteiger partial charge in [0.05, 0.1) is 18.4 Å². The highest BCUT2D eigenvalue weighted by molar-refractivity contribution is 9.10. The van der Waals surface area contributed by atoms with Gasteiger partial charge in [-0.25, -0.2) is 0 Å². The average Bonchev–Trinajstić information content (AvgIpc) is 2.84. The number of anilines is 1. The highest BCUT2D eigenvalue weighted by Gasteiger charge is 2.25. The van der Waals surface area contributed by atoms with Gasteiger partial charge in [-0.1, -0.05) is 51.3 Å². The Kier molecular flexibility index (Phi) is 9.42. The predicted octanol–water partition coefficient (Wildman–Crippen LogP) is 5.86. The van der Waals surface area contributed by atoms with E-state index >= 15 is 0 Å². The monoisotopic (exact) mass is 607 g/mol. The van der Waals surface area contributed by atoms with Crippen molar-refractivity contribution in [1.82, 2.24) is 9.80 Å². The number of rotatable bonds is 7. The summed E-state index contributed by atoms with van der Waals surface area (Å²) in [6, 6.07) is 15.1. The van der Waals surface area contributed by atoms with E-state index in [9.17, 15) is 14.4 Å². The molecule has 0 unspecified atom stereocenters. The van der Waals surface area contributed by atoms with E-state index in [0.717, 1.165) is 4.47 Å². The Bertz CT molecular complexity index is 1350. The molecule has 0 bridgehead atoms. The van der Waals surface area contributed by atoms with Crippen LogP contribution < -0.4 is 14.8 Å². The number of amides is 3. The van der Waals surface area contributed by atoms with E-state index < -0.39 is 11.8 Å². The molecule has 3 rings (SSSR count). The Balaban J connectivity index is 1.80. The molecule has 0 aliphatic rings. The van der Waals surface area contributed by atoms with Crippen LogP contribution in [0.2, 0.25) is 10.0 Å². The fraction of sp³-hybridized carbons (Fsp3) is 0.192. The van der Waals surface area contributed by atoms with Gasteiger partial charge in [0.1, 0.15) is 11.5 Å². The molecule has 0 fully saturated rings. The molecule has 8 nitrogen and oxygen atoms in total. The van der Waals surface area contributed by atoms with Crippen LogP contribution in [0.1, 0.15) is 15.9 Å². The summed E-state index contributed by atoms with van der Waals surface area (Å²) < 4.78 is 12.1. The number of hydrogen-bond acceptors (Lipinski definition) is 5. The van der Waals surface area contributed by atoms with Crippen LogP contribution in [0.4, 0.5) is 5.69 Å². The number of hydrogen-bond donors (Lipinski definition) is 1. The lowest BCUT2D eigenvalue weighted by atomic mass is 10.1. The minimum Gasteiger partial charge on any atom is -0.494 e. The Labute approximate surface area is 233 Å². The van der Waals surface area contributed by atoms with Gasteiger partial charge in [-0.3, -0.25) is 14.4 Å². The van der Waals surface area contributed by atoms with Gasteiger partial charge in [0.15, 0.2) is 5.75 Å². The lowest BCUT2D eigenvalue weighted by Crippen LogP contribution is -2.37. The normalized spacial score (nSPS) is 10.5. The van der Waals surface area contributed by atoms with Crippen LogP contribution in [-0.2, 0) is 16.1 Å². The van der Waals surface area contributed by atoms with E-state index in [0.29, 0.717) is 22.1 Å². The Morgan fingerprint density at radius 3 is 2.35 bits per heavy atom.